The number of sulfonamides is 1. The van der Waals surface area contributed by atoms with E-state index >= 15 is 0 Å². The molecule has 0 aliphatic heterocycles. The molecule has 0 saturated carbocycles. The molecular formula is C11H13N3O2S. The van der Waals surface area contributed by atoms with Gasteiger partial charge in [0.2, 0.25) is 10.0 Å². The van der Waals surface area contributed by atoms with E-state index in [1.54, 1.807) is 49.6 Å². The molecule has 0 fully saturated rings. The molecule has 0 amide bonds. The highest BCUT2D eigenvalue weighted by molar-refractivity contribution is 7.89. The van der Waals surface area contributed by atoms with Crippen LogP contribution in [-0.2, 0) is 10.0 Å². The van der Waals surface area contributed by atoms with Gasteiger partial charge in [-0.05, 0) is 19.1 Å². The molecule has 1 atom stereocenters. The summed E-state index contributed by atoms with van der Waals surface area (Å²) in [5.74, 6) is 0.588. The summed E-state index contributed by atoms with van der Waals surface area (Å²) in [4.78, 5) is 7.13. The molecule has 1 unspecified atom stereocenters. The molecular weight excluding hydrogens is 238 g/mol. The zero-order valence-electron chi connectivity index (χ0n) is 9.29. The Labute approximate surface area is 100.0 Å². The van der Waals surface area contributed by atoms with Crippen LogP contribution in [0.2, 0.25) is 0 Å². The van der Waals surface area contributed by atoms with Gasteiger partial charge in [-0.25, -0.2) is 18.1 Å². The number of nitrogens with zero attached hydrogens (tertiary/aromatic N) is 1. The smallest absolute Gasteiger partial charge is 0.241 e. The lowest BCUT2D eigenvalue weighted by molar-refractivity contribution is 0.561. The number of nitrogens with one attached hydrogen (secondary N) is 2. The quantitative estimate of drug-likeness (QED) is 0.863. The minimum absolute atomic E-state index is 0.249. The topological polar surface area (TPSA) is 74.8 Å². The number of H-pyrrole nitrogens is 1. The van der Waals surface area contributed by atoms with E-state index in [9.17, 15) is 8.42 Å². The van der Waals surface area contributed by atoms with Gasteiger partial charge in [-0.2, -0.15) is 0 Å². The molecule has 2 rings (SSSR count). The second-order valence-corrected chi connectivity index (χ2v) is 5.34. The molecule has 6 heteroatoms. The Morgan fingerprint density at radius 1 is 1.29 bits per heavy atom. The molecule has 2 aromatic rings. The maximum atomic E-state index is 12.0. The van der Waals surface area contributed by atoms with E-state index in [1.807, 2.05) is 0 Å². The van der Waals surface area contributed by atoms with E-state index in [0.717, 1.165) is 0 Å². The number of rotatable bonds is 4. The fraction of sp³-hybridized carbons (Fsp3) is 0.182. The first-order valence-corrected chi connectivity index (χ1v) is 6.64. The summed E-state index contributed by atoms with van der Waals surface area (Å²) < 4.78 is 26.5. The summed E-state index contributed by atoms with van der Waals surface area (Å²) >= 11 is 0. The van der Waals surface area contributed by atoms with Gasteiger partial charge in [0, 0.05) is 12.4 Å². The Morgan fingerprint density at radius 3 is 2.59 bits per heavy atom. The molecule has 0 aliphatic rings. The lowest BCUT2D eigenvalue weighted by Gasteiger charge is -2.11. The van der Waals surface area contributed by atoms with Crippen LogP contribution in [-0.4, -0.2) is 18.4 Å². The van der Waals surface area contributed by atoms with E-state index in [1.165, 1.54) is 0 Å². The van der Waals surface area contributed by atoms with Crippen molar-refractivity contribution in [1.29, 1.82) is 0 Å². The van der Waals surface area contributed by atoms with Crippen LogP contribution in [0, 0.1) is 0 Å². The third-order valence-corrected chi connectivity index (χ3v) is 3.87. The van der Waals surface area contributed by atoms with Crippen molar-refractivity contribution in [2.75, 3.05) is 0 Å². The summed E-state index contributed by atoms with van der Waals surface area (Å²) in [6, 6.07) is 7.86. The normalized spacial score (nSPS) is 13.5. The molecule has 0 aliphatic carbocycles. The van der Waals surface area contributed by atoms with Gasteiger partial charge < -0.3 is 4.98 Å². The fourth-order valence-electron chi connectivity index (χ4n) is 1.47. The lowest BCUT2D eigenvalue weighted by Crippen LogP contribution is -2.27. The number of aromatic nitrogens is 2. The van der Waals surface area contributed by atoms with E-state index in [4.69, 9.17) is 0 Å². The minimum atomic E-state index is -3.50. The molecule has 17 heavy (non-hydrogen) atoms. The maximum Gasteiger partial charge on any atom is 0.241 e. The third-order valence-electron chi connectivity index (χ3n) is 2.31. The van der Waals surface area contributed by atoms with Crippen LogP contribution in [0.4, 0.5) is 0 Å². The summed E-state index contributed by atoms with van der Waals surface area (Å²) in [5.41, 5.74) is 0. The van der Waals surface area contributed by atoms with Gasteiger partial charge >= 0.3 is 0 Å². The van der Waals surface area contributed by atoms with Crippen LogP contribution < -0.4 is 4.72 Å². The second kappa shape index (κ2) is 4.68. The van der Waals surface area contributed by atoms with Crippen molar-refractivity contribution < 1.29 is 8.42 Å². The van der Waals surface area contributed by atoms with E-state index < -0.39 is 16.1 Å². The molecule has 1 aromatic heterocycles. The van der Waals surface area contributed by atoms with Crippen molar-refractivity contribution in [1.82, 2.24) is 14.7 Å². The number of benzene rings is 1. The van der Waals surface area contributed by atoms with Crippen molar-refractivity contribution >= 4 is 10.0 Å². The predicted molar refractivity (Wildman–Crippen MR) is 63.8 cm³/mol. The zero-order chi connectivity index (χ0) is 12.3. The van der Waals surface area contributed by atoms with Crippen LogP contribution in [0.3, 0.4) is 0 Å². The molecule has 1 aromatic carbocycles. The highest BCUT2D eigenvalue weighted by atomic mass is 32.2. The third kappa shape index (κ3) is 2.72. The standard InChI is InChI=1S/C11H13N3O2S/c1-9(11-12-7-8-13-11)14-17(15,16)10-5-3-2-4-6-10/h2-9,14H,1H3,(H,12,13). The SMILES string of the molecule is CC(NS(=O)(=O)c1ccccc1)c1ncc[nH]1. The van der Waals surface area contributed by atoms with Crippen LogP contribution in [0.5, 0.6) is 0 Å². The largest absolute Gasteiger partial charge is 0.347 e. The molecule has 0 radical (unpaired) electrons. The Balaban J connectivity index is 2.19. The average molecular weight is 251 g/mol. The van der Waals surface area contributed by atoms with Crippen molar-refractivity contribution in [3.8, 4) is 0 Å². The second-order valence-electron chi connectivity index (χ2n) is 3.63. The molecule has 5 nitrogen and oxygen atoms in total. The summed E-state index contributed by atoms with van der Waals surface area (Å²) in [5, 5.41) is 0. The van der Waals surface area contributed by atoms with E-state index in [2.05, 4.69) is 14.7 Å². The predicted octanol–water partition coefficient (Wildman–Crippen LogP) is 1.45. The number of hydrogen-bond acceptors (Lipinski definition) is 3. The molecule has 0 spiro atoms. The van der Waals surface area contributed by atoms with Gasteiger partial charge in [-0.15, -0.1) is 0 Å². The van der Waals surface area contributed by atoms with Crippen LogP contribution in [0.1, 0.15) is 18.8 Å². The summed E-state index contributed by atoms with van der Waals surface area (Å²) in [6.07, 6.45) is 3.24. The van der Waals surface area contributed by atoms with E-state index in [-0.39, 0.29) is 4.90 Å². The monoisotopic (exact) mass is 251 g/mol. The number of hydrogen-bond donors (Lipinski definition) is 2. The first-order valence-electron chi connectivity index (χ1n) is 5.16. The van der Waals surface area contributed by atoms with Crippen molar-refractivity contribution in [2.45, 2.75) is 17.9 Å². The van der Waals surface area contributed by atoms with E-state index in [0.29, 0.717) is 5.82 Å². The van der Waals surface area contributed by atoms with Crippen molar-refractivity contribution in [2.24, 2.45) is 0 Å². The van der Waals surface area contributed by atoms with Crippen LogP contribution in [0.25, 0.3) is 0 Å². The lowest BCUT2D eigenvalue weighted by atomic mass is 10.3. The van der Waals surface area contributed by atoms with Gasteiger partial charge in [-0.3, -0.25) is 0 Å². The minimum Gasteiger partial charge on any atom is -0.347 e. The Bertz CT molecular complexity index is 564. The molecule has 0 bridgehead atoms. The van der Waals surface area contributed by atoms with Crippen LogP contribution >= 0.6 is 0 Å². The Hall–Kier alpha value is -1.66. The molecule has 2 N–H and O–H groups in total. The first-order chi connectivity index (χ1) is 8.09. The fourth-order valence-corrected chi connectivity index (χ4v) is 2.70. The maximum absolute atomic E-state index is 12.0. The highest BCUT2D eigenvalue weighted by Crippen LogP contribution is 2.13. The number of imidazole rings is 1. The van der Waals surface area contributed by atoms with Gasteiger partial charge in [0.15, 0.2) is 0 Å². The average Bonchev–Trinajstić information content (AvgIpc) is 2.83. The van der Waals surface area contributed by atoms with Gasteiger partial charge in [0.05, 0.1) is 10.9 Å². The van der Waals surface area contributed by atoms with Crippen molar-refractivity contribution in [3.05, 3.63) is 48.5 Å². The Morgan fingerprint density at radius 2 is 2.00 bits per heavy atom. The van der Waals surface area contributed by atoms with Crippen LogP contribution in [0.15, 0.2) is 47.6 Å². The summed E-state index contributed by atoms with van der Waals surface area (Å²) in [6.45, 7) is 1.74. The Kier molecular flexibility index (Phi) is 3.26. The molecule has 90 valence electrons. The van der Waals surface area contributed by atoms with Gasteiger partial charge in [0.25, 0.3) is 0 Å². The summed E-state index contributed by atoms with van der Waals surface area (Å²) in [7, 11) is -3.50. The highest BCUT2D eigenvalue weighted by Gasteiger charge is 2.18. The van der Waals surface area contributed by atoms with Crippen molar-refractivity contribution in [3.63, 3.8) is 0 Å². The van der Waals surface area contributed by atoms with Gasteiger partial charge in [-0.1, -0.05) is 18.2 Å². The molecule has 1 heterocycles. The van der Waals surface area contributed by atoms with Gasteiger partial charge in [0.1, 0.15) is 5.82 Å². The zero-order valence-corrected chi connectivity index (χ0v) is 10.1. The number of aromatic amines is 1. The first kappa shape index (κ1) is 11.8. The molecule has 0 saturated heterocycles.